The third kappa shape index (κ3) is 25.7. The lowest BCUT2D eigenvalue weighted by atomic mass is 10.1. The summed E-state index contributed by atoms with van der Waals surface area (Å²) in [7, 11) is 0. The van der Waals surface area contributed by atoms with Crippen LogP contribution in [-0.2, 0) is 0 Å². The number of hydrogen-bond acceptors (Lipinski definition) is 1. The molecule has 0 aromatic carbocycles. The maximum Gasteiger partial charge on any atom is -0.00489 e. The van der Waals surface area contributed by atoms with E-state index in [-0.39, 0.29) is 0 Å². The third-order valence-corrected chi connectivity index (χ3v) is 5.67. The molecule has 0 amide bonds. The Morgan fingerprint density at radius 1 is 0.481 bits per heavy atom. The van der Waals surface area contributed by atoms with Crippen molar-refractivity contribution in [3.05, 3.63) is 12.2 Å². The van der Waals surface area contributed by atoms with Gasteiger partial charge in [-0.2, -0.15) is 0 Å². The summed E-state index contributed by atoms with van der Waals surface area (Å²) in [6, 6.07) is 0. The van der Waals surface area contributed by atoms with E-state index in [1.54, 1.807) is 0 Å². The Kier molecular flexibility index (Phi) is 25.4. The van der Waals surface area contributed by atoms with Crippen LogP contribution in [-0.4, -0.2) is 13.1 Å². The summed E-state index contributed by atoms with van der Waals surface area (Å²) in [5.41, 5.74) is 0. The van der Waals surface area contributed by atoms with E-state index in [4.69, 9.17) is 0 Å². The molecule has 1 N–H and O–H groups in total. The van der Waals surface area contributed by atoms with Gasteiger partial charge in [0.15, 0.2) is 0 Å². The monoisotopic (exact) mass is 379 g/mol. The molecule has 0 saturated heterocycles. The van der Waals surface area contributed by atoms with E-state index < -0.39 is 0 Å². The Bertz CT molecular complexity index is 271. The van der Waals surface area contributed by atoms with Gasteiger partial charge in [0.25, 0.3) is 0 Å². The van der Waals surface area contributed by atoms with Crippen molar-refractivity contribution in [3.63, 3.8) is 0 Å². The topological polar surface area (TPSA) is 12.0 Å². The fraction of sp³-hybridized carbons (Fsp3) is 0.923. The lowest BCUT2D eigenvalue weighted by molar-refractivity contribution is 0.526. The lowest BCUT2D eigenvalue weighted by Gasteiger charge is -2.05. The predicted octanol–water partition coefficient (Wildman–Crippen LogP) is 8.97. The fourth-order valence-corrected chi connectivity index (χ4v) is 3.78. The highest BCUT2D eigenvalue weighted by Gasteiger charge is 1.95. The molecule has 162 valence electrons. The Morgan fingerprint density at radius 2 is 0.852 bits per heavy atom. The van der Waals surface area contributed by atoms with Gasteiger partial charge in [-0.15, -0.1) is 0 Å². The molecule has 0 atom stereocenters. The van der Waals surface area contributed by atoms with E-state index in [0.717, 1.165) is 0 Å². The van der Waals surface area contributed by atoms with E-state index in [2.05, 4.69) is 31.3 Å². The molecular weight excluding hydrogens is 326 g/mol. The molecule has 0 radical (unpaired) electrons. The molecule has 27 heavy (non-hydrogen) atoms. The van der Waals surface area contributed by atoms with Crippen LogP contribution in [0.15, 0.2) is 12.2 Å². The van der Waals surface area contributed by atoms with Crippen LogP contribution in [0.2, 0.25) is 0 Å². The van der Waals surface area contributed by atoms with Gasteiger partial charge in [0.2, 0.25) is 0 Å². The van der Waals surface area contributed by atoms with Crippen molar-refractivity contribution >= 4 is 0 Å². The van der Waals surface area contributed by atoms with Crippen LogP contribution in [0.4, 0.5) is 0 Å². The molecule has 0 aromatic heterocycles. The molecule has 0 aliphatic carbocycles. The zero-order valence-electron chi connectivity index (χ0n) is 19.2. The molecule has 0 aliphatic rings. The van der Waals surface area contributed by atoms with Crippen LogP contribution in [0, 0.1) is 0 Å². The minimum atomic E-state index is 1.24. The van der Waals surface area contributed by atoms with Crippen LogP contribution in [0.1, 0.15) is 142 Å². The van der Waals surface area contributed by atoms with Crippen molar-refractivity contribution in [1.82, 2.24) is 5.32 Å². The smallest absolute Gasteiger partial charge is 0.00489 e. The number of allylic oxidation sites excluding steroid dienone is 2. The Hall–Kier alpha value is -0.300. The van der Waals surface area contributed by atoms with Gasteiger partial charge in [-0.1, -0.05) is 122 Å². The summed E-state index contributed by atoms with van der Waals surface area (Å²) in [5.74, 6) is 0. The first kappa shape index (κ1) is 26.7. The van der Waals surface area contributed by atoms with E-state index >= 15 is 0 Å². The molecule has 0 unspecified atom stereocenters. The molecule has 0 aromatic rings. The zero-order chi connectivity index (χ0) is 19.7. The summed E-state index contributed by atoms with van der Waals surface area (Å²) in [6.07, 6.45) is 33.0. The minimum Gasteiger partial charge on any atom is -0.317 e. The molecule has 0 heterocycles. The summed E-state index contributed by atoms with van der Waals surface area (Å²) >= 11 is 0. The SMILES string of the molecule is CC=CCCCCCCCCCCCNCCCCCCCCCCCC. The van der Waals surface area contributed by atoms with Gasteiger partial charge in [0, 0.05) is 0 Å². The summed E-state index contributed by atoms with van der Waals surface area (Å²) < 4.78 is 0. The quantitative estimate of drug-likeness (QED) is 0.138. The van der Waals surface area contributed by atoms with Crippen molar-refractivity contribution in [1.29, 1.82) is 0 Å². The van der Waals surface area contributed by atoms with Crippen LogP contribution < -0.4 is 5.32 Å². The second-order valence-corrected chi connectivity index (χ2v) is 8.47. The van der Waals surface area contributed by atoms with Gasteiger partial charge in [0.1, 0.15) is 0 Å². The Morgan fingerprint density at radius 3 is 1.26 bits per heavy atom. The number of unbranched alkanes of at least 4 members (excludes halogenated alkanes) is 18. The standard InChI is InChI=1S/C26H53N/c1-3-5-7-9-11-13-15-16-18-20-22-24-26-27-25-23-21-19-17-14-12-10-8-6-4-2/h3,5,27H,4,6-26H2,1-2H3. The van der Waals surface area contributed by atoms with E-state index in [0.29, 0.717) is 0 Å². The van der Waals surface area contributed by atoms with E-state index in [1.807, 2.05) is 0 Å². The van der Waals surface area contributed by atoms with Gasteiger partial charge in [-0.05, 0) is 45.7 Å². The molecule has 1 heteroatoms. The van der Waals surface area contributed by atoms with Crippen molar-refractivity contribution in [2.24, 2.45) is 0 Å². The van der Waals surface area contributed by atoms with Crippen molar-refractivity contribution < 1.29 is 0 Å². The summed E-state index contributed by atoms with van der Waals surface area (Å²) in [5, 5.41) is 3.64. The second-order valence-electron chi connectivity index (χ2n) is 8.47. The number of hydrogen-bond donors (Lipinski definition) is 1. The molecule has 0 fully saturated rings. The lowest BCUT2D eigenvalue weighted by Crippen LogP contribution is -2.16. The Balaban J connectivity index is 2.97. The van der Waals surface area contributed by atoms with E-state index in [9.17, 15) is 0 Å². The summed E-state index contributed by atoms with van der Waals surface area (Å²) in [4.78, 5) is 0. The highest BCUT2D eigenvalue weighted by Crippen LogP contribution is 2.11. The van der Waals surface area contributed by atoms with Crippen LogP contribution in [0.5, 0.6) is 0 Å². The van der Waals surface area contributed by atoms with Crippen LogP contribution in [0.25, 0.3) is 0 Å². The Labute approximate surface area is 173 Å². The van der Waals surface area contributed by atoms with Gasteiger partial charge >= 0.3 is 0 Å². The van der Waals surface area contributed by atoms with Gasteiger partial charge in [0.05, 0.1) is 0 Å². The van der Waals surface area contributed by atoms with Gasteiger partial charge in [-0.25, -0.2) is 0 Å². The highest BCUT2D eigenvalue weighted by molar-refractivity contribution is 4.76. The van der Waals surface area contributed by atoms with E-state index in [1.165, 1.54) is 142 Å². The second kappa shape index (κ2) is 25.7. The van der Waals surface area contributed by atoms with Gasteiger partial charge in [-0.3, -0.25) is 0 Å². The third-order valence-electron chi connectivity index (χ3n) is 5.67. The maximum absolute atomic E-state index is 3.64. The van der Waals surface area contributed by atoms with Crippen molar-refractivity contribution in [2.45, 2.75) is 142 Å². The first-order chi connectivity index (χ1) is 13.4. The largest absolute Gasteiger partial charge is 0.317 e. The summed E-state index contributed by atoms with van der Waals surface area (Å²) in [6.45, 7) is 6.89. The molecular formula is C26H53N. The average molecular weight is 380 g/mol. The molecule has 0 spiro atoms. The molecule has 0 bridgehead atoms. The predicted molar refractivity (Wildman–Crippen MR) is 126 cm³/mol. The normalized spacial score (nSPS) is 11.6. The number of rotatable bonds is 23. The maximum atomic E-state index is 3.64. The fourth-order valence-electron chi connectivity index (χ4n) is 3.78. The molecule has 0 saturated carbocycles. The molecule has 0 aliphatic heterocycles. The number of nitrogens with one attached hydrogen (secondary N) is 1. The highest BCUT2D eigenvalue weighted by atomic mass is 14.8. The first-order valence-corrected chi connectivity index (χ1v) is 12.7. The molecule has 1 nitrogen and oxygen atoms in total. The minimum absolute atomic E-state index is 1.24. The zero-order valence-corrected chi connectivity index (χ0v) is 19.2. The van der Waals surface area contributed by atoms with Crippen LogP contribution in [0.3, 0.4) is 0 Å². The van der Waals surface area contributed by atoms with Crippen molar-refractivity contribution in [2.75, 3.05) is 13.1 Å². The molecule has 0 rings (SSSR count). The first-order valence-electron chi connectivity index (χ1n) is 12.7. The average Bonchev–Trinajstić information content (AvgIpc) is 2.68. The van der Waals surface area contributed by atoms with Crippen molar-refractivity contribution in [3.8, 4) is 0 Å². The van der Waals surface area contributed by atoms with Crippen LogP contribution >= 0.6 is 0 Å². The van der Waals surface area contributed by atoms with Gasteiger partial charge < -0.3 is 5.32 Å².